The Bertz CT molecular complexity index is 494. The van der Waals surface area contributed by atoms with Gasteiger partial charge in [-0.1, -0.05) is 12.1 Å². The van der Waals surface area contributed by atoms with Crippen LogP contribution in [-0.4, -0.2) is 37.5 Å². The lowest BCUT2D eigenvalue weighted by atomic mass is 9.87. The number of nitrogens with zero attached hydrogens (tertiary/aromatic N) is 1. The highest BCUT2D eigenvalue weighted by Crippen LogP contribution is 2.33. The van der Waals surface area contributed by atoms with Crippen molar-refractivity contribution < 1.29 is 4.79 Å². The number of hydrogen-bond donors (Lipinski definition) is 2. The summed E-state index contributed by atoms with van der Waals surface area (Å²) in [5.41, 5.74) is 3.24. The van der Waals surface area contributed by atoms with Gasteiger partial charge in [-0.05, 0) is 52.2 Å². The minimum absolute atomic E-state index is 0.0478. The van der Waals surface area contributed by atoms with Gasteiger partial charge in [0, 0.05) is 11.2 Å². The van der Waals surface area contributed by atoms with Gasteiger partial charge in [0.1, 0.15) is 0 Å². The number of anilines is 1. The standard InChI is InChI=1S/C15H23N3O/c1-15(2,16-3)14(18(4)5)10-6-7-12-11(8-10)9-13(19)17-12/h6-8,14,16H,9H2,1-5H3,(H,17,19). The van der Waals surface area contributed by atoms with Crippen molar-refractivity contribution in [3.8, 4) is 0 Å². The van der Waals surface area contributed by atoms with Gasteiger partial charge < -0.3 is 15.5 Å². The smallest absolute Gasteiger partial charge is 0.228 e. The number of likely N-dealkylation sites (N-methyl/N-ethyl adjacent to an activating group) is 2. The largest absolute Gasteiger partial charge is 0.326 e. The maximum atomic E-state index is 11.4. The van der Waals surface area contributed by atoms with E-state index in [1.54, 1.807) is 0 Å². The van der Waals surface area contributed by atoms with Crippen molar-refractivity contribution in [2.45, 2.75) is 31.8 Å². The monoisotopic (exact) mass is 261 g/mol. The highest BCUT2D eigenvalue weighted by Gasteiger charge is 2.32. The van der Waals surface area contributed by atoms with Crippen molar-refractivity contribution in [3.63, 3.8) is 0 Å². The van der Waals surface area contributed by atoms with Crippen LogP contribution in [0.25, 0.3) is 0 Å². The van der Waals surface area contributed by atoms with Crippen LogP contribution in [0.4, 0.5) is 5.69 Å². The molecule has 0 aliphatic carbocycles. The molecule has 1 aliphatic rings. The van der Waals surface area contributed by atoms with E-state index in [1.165, 1.54) is 5.56 Å². The van der Waals surface area contributed by atoms with Crippen molar-refractivity contribution in [2.24, 2.45) is 0 Å². The number of carbonyl (C=O) groups is 1. The van der Waals surface area contributed by atoms with E-state index in [2.05, 4.69) is 55.6 Å². The second kappa shape index (κ2) is 4.94. The number of carbonyl (C=O) groups excluding carboxylic acids is 1. The normalized spacial score (nSPS) is 16.4. The fourth-order valence-electron chi connectivity index (χ4n) is 2.92. The van der Waals surface area contributed by atoms with E-state index in [4.69, 9.17) is 0 Å². The third-order valence-corrected chi connectivity index (χ3v) is 3.91. The zero-order valence-electron chi connectivity index (χ0n) is 12.4. The Labute approximate surface area is 115 Å². The molecule has 2 N–H and O–H groups in total. The van der Waals surface area contributed by atoms with Crippen LogP contribution in [0.15, 0.2) is 18.2 Å². The van der Waals surface area contributed by atoms with Crippen LogP contribution in [0.2, 0.25) is 0 Å². The first-order valence-electron chi connectivity index (χ1n) is 6.63. The third-order valence-electron chi connectivity index (χ3n) is 3.91. The number of nitrogens with one attached hydrogen (secondary N) is 2. The van der Waals surface area contributed by atoms with Gasteiger partial charge >= 0.3 is 0 Å². The third kappa shape index (κ3) is 2.65. The average molecular weight is 261 g/mol. The molecule has 0 saturated carbocycles. The van der Waals surface area contributed by atoms with Crippen molar-refractivity contribution in [1.82, 2.24) is 10.2 Å². The molecule has 1 unspecified atom stereocenters. The van der Waals surface area contributed by atoms with Gasteiger partial charge in [-0.2, -0.15) is 0 Å². The van der Waals surface area contributed by atoms with Crippen LogP contribution < -0.4 is 10.6 Å². The predicted molar refractivity (Wildman–Crippen MR) is 78.3 cm³/mol. The van der Waals surface area contributed by atoms with Crippen LogP contribution in [0.1, 0.15) is 31.0 Å². The topological polar surface area (TPSA) is 44.4 Å². The molecule has 0 aromatic heterocycles. The molecule has 4 nitrogen and oxygen atoms in total. The number of benzene rings is 1. The lowest BCUT2D eigenvalue weighted by Gasteiger charge is -2.39. The van der Waals surface area contributed by atoms with Gasteiger partial charge in [-0.3, -0.25) is 4.79 Å². The summed E-state index contributed by atoms with van der Waals surface area (Å²) < 4.78 is 0. The van der Waals surface area contributed by atoms with E-state index >= 15 is 0 Å². The van der Waals surface area contributed by atoms with Crippen LogP contribution in [0.5, 0.6) is 0 Å². The van der Waals surface area contributed by atoms with Gasteiger partial charge in [0.2, 0.25) is 5.91 Å². The Morgan fingerprint density at radius 2 is 2.05 bits per heavy atom. The maximum Gasteiger partial charge on any atom is 0.228 e. The molecule has 1 atom stereocenters. The minimum atomic E-state index is -0.0478. The first-order chi connectivity index (χ1) is 8.85. The Hall–Kier alpha value is -1.39. The van der Waals surface area contributed by atoms with Crippen LogP contribution in [-0.2, 0) is 11.2 Å². The lowest BCUT2D eigenvalue weighted by molar-refractivity contribution is -0.115. The summed E-state index contributed by atoms with van der Waals surface area (Å²) >= 11 is 0. The summed E-state index contributed by atoms with van der Waals surface area (Å²) in [4.78, 5) is 13.6. The van der Waals surface area contributed by atoms with Crippen LogP contribution in [0.3, 0.4) is 0 Å². The molecule has 1 aromatic rings. The zero-order chi connectivity index (χ0) is 14.2. The molecule has 0 saturated heterocycles. The van der Waals surface area contributed by atoms with E-state index in [0.29, 0.717) is 6.42 Å². The molecule has 1 aromatic carbocycles. The fourth-order valence-corrected chi connectivity index (χ4v) is 2.92. The Morgan fingerprint density at radius 1 is 1.37 bits per heavy atom. The van der Waals surface area contributed by atoms with Gasteiger partial charge in [0.25, 0.3) is 0 Å². The van der Waals surface area contributed by atoms with E-state index < -0.39 is 0 Å². The quantitative estimate of drug-likeness (QED) is 0.868. The highest BCUT2D eigenvalue weighted by atomic mass is 16.1. The van der Waals surface area contributed by atoms with Crippen LogP contribution >= 0.6 is 0 Å². The van der Waals surface area contributed by atoms with Crippen molar-refractivity contribution in [1.29, 1.82) is 0 Å². The zero-order valence-corrected chi connectivity index (χ0v) is 12.4. The average Bonchev–Trinajstić information content (AvgIpc) is 2.67. The molecule has 0 radical (unpaired) electrons. The first kappa shape index (κ1) is 14.0. The SMILES string of the molecule is CNC(C)(C)C(c1ccc2c(c1)CC(=O)N2)N(C)C. The lowest BCUT2D eigenvalue weighted by Crippen LogP contribution is -2.48. The number of fused-ring (bicyclic) bond motifs is 1. The van der Waals surface area contributed by atoms with Crippen molar-refractivity contribution >= 4 is 11.6 Å². The molecular formula is C15H23N3O. The summed E-state index contributed by atoms with van der Waals surface area (Å²) in [7, 11) is 6.15. The molecule has 1 heterocycles. The van der Waals surface area contributed by atoms with Crippen LogP contribution in [0, 0.1) is 0 Å². The van der Waals surface area contributed by atoms with E-state index in [0.717, 1.165) is 11.3 Å². The summed E-state index contributed by atoms with van der Waals surface area (Å²) in [6.07, 6.45) is 0.489. The molecule has 0 bridgehead atoms. The molecule has 0 fully saturated rings. The molecule has 1 aliphatic heterocycles. The molecule has 2 rings (SSSR count). The molecule has 0 spiro atoms. The number of hydrogen-bond acceptors (Lipinski definition) is 3. The number of amides is 1. The Morgan fingerprint density at radius 3 is 2.63 bits per heavy atom. The summed E-state index contributed by atoms with van der Waals surface area (Å²) in [5, 5.41) is 6.25. The molecule has 1 amide bonds. The maximum absolute atomic E-state index is 11.4. The second-order valence-corrected chi connectivity index (χ2v) is 5.98. The van der Waals surface area contributed by atoms with Gasteiger partial charge in [0.05, 0.1) is 12.5 Å². The van der Waals surface area contributed by atoms with Gasteiger partial charge in [0.15, 0.2) is 0 Å². The number of rotatable bonds is 4. The van der Waals surface area contributed by atoms with Crippen molar-refractivity contribution in [3.05, 3.63) is 29.3 Å². The first-order valence-corrected chi connectivity index (χ1v) is 6.63. The fraction of sp³-hybridized carbons (Fsp3) is 0.533. The second-order valence-electron chi connectivity index (χ2n) is 5.98. The van der Waals surface area contributed by atoms with E-state index in [9.17, 15) is 4.79 Å². The summed E-state index contributed by atoms with van der Waals surface area (Å²) in [6, 6.07) is 6.52. The highest BCUT2D eigenvalue weighted by molar-refractivity contribution is 5.99. The Kier molecular flexibility index (Phi) is 3.65. The summed E-state index contributed by atoms with van der Waals surface area (Å²) in [6.45, 7) is 4.38. The Balaban J connectivity index is 2.39. The van der Waals surface area contributed by atoms with E-state index in [-0.39, 0.29) is 17.5 Å². The molecule has 19 heavy (non-hydrogen) atoms. The minimum Gasteiger partial charge on any atom is -0.326 e. The molecular weight excluding hydrogens is 238 g/mol. The van der Waals surface area contributed by atoms with Gasteiger partial charge in [-0.25, -0.2) is 0 Å². The summed E-state index contributed by atoms with van der Waals surface area (Å²) in [5.74, 6) is 0.0847. The molecule has 4 heteroatoms. The molecule has 104 valence electrons. The van der Waals surface area contributed by atoms with Crippen molar-refractivity contribution in [2.75, 3.05) is 26.5 Å². The van der Waals surface area contributed by atoms with Gasteiger partial charge in [-0.15, -0.1) is 0 Å². The van der Waals surface area contributed by atoms with E-state index in [1.807, 2.05) is 13.1 Å². The predicted octanol–water partition coefficient (Wildman–Crippen LogP) is 1.78.